The van der Waals surface area contributed by atoms with E-state index in [1.165, 1.54) is 28.8 Å². The summed E-state index contributed by atoms with van der Waals surface area (Å²) in [5.41, 5.74) is -2.91. The fourth-order valence-corrected chi connectivity index (χ4v) is 6.31. The van der Waals surface area contributed by atoms with Crippen LogP contribution in [0.4, 0.5) is 0 Å². The highest BCUT2D eigenvalue weighted by Crippen LogP contribution is 2.46. The Bertz CT molecular complexity index is 2190. The number of carbonyl (C=O) groups is 1. The van der Waals surface area contributed by atoms with Gasteiger partial charge in [-0.2, -0.15) is 0 Å². The number of phenolic OH excluding ortho intramolecular Hbond substituents is 2. The minimum Gasteiger partial charge on any atom is -0.507 e. The number of Topliss-reactive ketones (excluding diaryl/α,β-unsaturated/α-hetero) is 1. The quantitative estimate of drug-likeness (QED) is 0.278. The van der Waals surface area contributed by atoms with Gasteiger partial charge in [0.1, 0.15) is 22.8 Å². The molecule has 0 saturated heterocycles. The van der Waals surface area contributed by atoms with E-state index < -0.39 is 33.8 Å². The van der Waals surface area contributed by atoms with Crippen molar-refractivity contribution >= 4 is 44.6 Å². The fraction of sp³-hybridized carbons (Fsp3) is 0.194. The van der Waals surface area contributed by atoms with Gasteiger partial charge in [0.2, 0.25) is 16.9 Å². The van der Waals surface area contributed by atoms with Crippen LogP contribution in [-0.4, -0.2) is 35.8 Å². The van der Waals surface area contributed by atoms with Crippen molar-refractivity contribution in [3.8, 4) is 17.2 Å². The van der Waals surface area contributed by atoms with E-state index in [0.717, 1.165) is 10.1 Å². The van der Waals surface area contributed by atoms with Crippen LogP contribution in [-0.2, 0) is 12.8 Å². The Morgan fingerprint density at radius 1 is 0.900 bits per heavy atom. The molecule has 2 aliphatic rings. The zero-order valence-electron chi connectivity index (χ0n) is 22.1. The molecule has 9 heteroatoms. The Hall–Kier alpha value is -4.89. The van der Waals surface area contributed by atoms with Gasteiger partial charge in [0.15, 0.2) is 0 Å². The number of ketones is 1. The van der Waals surface area contributed by atoms with Crippen molar-refractivity contribution in [3.63, 3.8) is 0 Å². The first-order valence-electron chi connectivity index (χ1n) is 12.7. The number of hydrogen-bond acceptors (Lipinski definition) is 7. The molecule has 0 aliphatic carbocycles. The number of pyridine rings is 2. The van der Waals surface area contributed by atoms with E-state index in [2.05, 4.69) is 0 Å². The molecule has 0 amide bonds. The largest absolute Gasteiger partial charge is 0.507 e. The normalized spacial score (nSPS) is 19.0. The lowest BCUT2D eigenvalue weighted by molar-refractivity contribution is 0.0175. The number of aromatic hydroxyl groups is 2. The minimum absolute atomic E-state index is 0.0151. The third-order valence-electron chi connectivity index (χ3n) is 7.97. The number of ether oxygens (including phenoxy) is 1. The summed E-state index contributed by atoms with van der Waals surface area (Å²) in [7, 11) is 1.60. The summed E-state index contributed by atoms with van der Waals surface area (Å²) >= 11 is 0. The number of nitrogens with zero attached hydrogens (tertiary/aromatic N) is 2. The average molecular weight is 537 g/mol. The van der Waals surface area contributed by atoms with Crippen LogP contribution in [0.15, 0.2) is 58.1 Å². The van der Waals surface area contributed by atoms with E-state index in [0.29, 0.717) is 16.7 Å². The van der Waals surface area contributed by atoms with Gasteiger partial charge in [-0.25, -0.2) is 0 Å². The zero-order chi connectivity index (χ0) is 28.5. The Labute approximate surface area is 226 Å². The highest BCUT2D eigenvalue weighted by molar-refractivity contribution is 6.17. The van der Waals surface area contributed by atoms with Gasteiger partial charge in [0.25, 0.3) is 5.56 Å². The van der Waals surface area contributed by atoms with Crippen molar-refractivity contribution in [1.82, 2.24) is 9.13 Å². The third-order valence-corrected chi connectivity index (χ3v) is 7.97. The van der Waals surface area contributed by atoms with Crippen molar-refractivity contribution in [2.24, 2.45) is 7.05 Å². The molecule has 4 heterocycles. The molecule has 0 spiro atoms. The number of phenols is 2. The summed E-state index contributed by atoms with van der Waals surface area (Å²) in [5.74, 6) is -1.24. The summed E-state index contributed by atoms with van der Waals surface area (Å²) in [6.07, 6.45) is 3.60. The van der Waals surface area contributed by atoms with Crippen molar-refractivity contribution < 1.29 is 24.9 Å². The molecule has 0 radical (unpaired) electrons. The van der Waals surface area contributed by atoms with Crippen LogP contribution in [0.1, 0.15) is 40.9 Å². The van der Waals surface area contributed by atoms with Gasteiger partial charge in [-0.15, -0.1) is 0 Å². The van der Waals surface area contributed by atoms with Crippen LogP contribution >= 0.6 is 0 Å². The first kappa shape index (κ1) is 24.2. The number of benzene rings is 3. The van der Waals surface area contributed by atoms with Gasteiger partial charge in [0.05, 0.1) is 27.5 Å². The Kier molecular flexibility index (Phi) is 4.47. The van der Waals surface area contributed by atoms with Gasteiger partial charge in [-0.3, -0.25) is 19.0 Å². The molecule has 40 heavy (non-hydrogen) atoms. The first-order valence-corrected chi connectivity index (χ1v) is 12.7. The van der Waals surface area contributed by atoms with Crippen LogP contribution in [0.5, 0.6) is 17.2 Å². The van der Waals surface area contributed by atoms with Gasteiger partial charge >= 0.3 is 0 Å². The molecule has 0 bridgehead atoms. The molecular weight excluding hydrogens is 512 g/mol. The lowest BCUT2D eigenvalue weighted by Gasteiger charge is -2.30. The fourth-order valence-electron chi connectivity index (χ4n) is 6.31. The van der Waals surface area contributed by atoms with Gasteiger partial charge in [0, 0.05) is 35.7 Å². The molecule has 200 valence electrons. The van der Waals surface area contributed by atoms with Gasteiger partial charge < -0.3 is 24.6 Å². The second kappa shape index (κ2) is 7.40. The van der Waals surface area contributed by atoms with Gasteiger partial charge in [-0.1, -0.05) is 0 Å². The number of aryl methyl sites for hydroxylation is 2. The predicted molar refractivity (Wildman–Crippen MR) is 150 cm³/mol. The van der Waals surface area contributed by atoms with Crippen LogP contribution in [0.3, 0.4) is 0 Å². The predicted octanol–water partition coefficient (Wildman–Crippen LogP) is 3.80. The van der Waals surface area contributed by atoms with Crippen molar-refractivity contribution in [3.05, 3.63) is 91.4 Å². The number of aliphatic hydroxyl groups is 1. The van der Waals surface area contributed by atoms with Crippen molar-refractivity contribution in [2.75, 3.05) is 0 Å². The molecule has 3 N–H and O–H groups in total. The Morgan fingerprint density at radius 2 is 1.65 bits per heavy atom. The monoisotopic (exact) mass is 536 g/mol. The van der Waals surface area contributed by atoms with E-state index in [1.807, 2.05) is 19.9 Å². The molecule has 9 nitrogen and oxygen atoms in total. The lowest BCUT2D eigenvalue weighted by Crippen LogP contribution is -2.44. The molecule has 0 fully saturated rings. The maximum absolute atomic E-state index is 14.0. The summed E-state index contributed by atoms with van der Waals surface area (Å²) in [6.45, 7) is 5.50. The minimum atomic E-state index is -2.65. The van der Waals surface area contributed by atoms with Crippen molar-refractivity contribution in [1.29, 1.82) is 0 Å². The smallest absolute Gasteiger partial charge is 0.254 e. The highest BCUT2D eigenvalue weighted by atomic mass is 16.5. The summed E-state index contributed by atoms with van der Waals surface area (Å²) in [4.78, 5) is 41.2. The molecule has 7 rings (SSSR count). The summed E-state index contributed by atoms with van der Waals surface area (Å²) < 4.78 is 8.57. The molecule has 0 saturated carbocycles. The highest BCUT2D eigenvalue weighted by Gasteiger charge is 2.51. The Morgan fingerprint density at radius 3 is 2.40 bits per heavy atom. The van der Waals surface area contributed by atoms with Crippen LogP contribution in [0.2, 0.25) is 0 Å². The SMILES string of the molecule is Cc1cc2c3c(ccc(=O)n3C(O)(c3c(O)ccc4c(=O)c5c(O)cc6c(c5n(C)c34)C=CC(C)(C)O6)C2=O)c1. The first-order chi connectivity index (χ1) is 18.8. The van der Waals surface area contributed by atoms with E-state index in [9.17, 15) is 29.7 Å². The summed E-state index contributed by atoms with van der Waals surface area (Å²) in [6, 6.07) is 10.2. The average Bonchev–Trinajstić information content (AvgIpc) is 3.11. The molecule has 2 aliphatic heterocycles. The molecule has 1 atom stereocenters. The third kappa shape index (κ3) is 2.82. The summed E-state index contributed by atoms with van der Waals surface area (Å²) in [5, 5.41) is 35.1. The van der Waals surface area contributed by atoms with Crippen molar-refractivity contribution in [2.45, 2.75) is 32.1 Å². The number of carbonyl (C=O) groups excluding carboxylic acids is 1. The molecule has 2 aromatic heterocycles. The molecule has 1 unspecified atom stereocenters. The van der Waals surface area contributed by atoms with E-state index in [4.69, 9.17) is 4.74 Å². The van der Waals surface area contributed by atoms with E-state index in [-0.39, 0.29) is 44.2 Å². The number of fused-ring (bicyclic) bond motifs is 4. The second-order valence-electron chi connectivity index (χ2n) is 11.1. The molecule has 3 aromatic carbocycles. The van der Waals surface area contributed by atoms with Gasteiger partial charge in [-0.05, 0) is 74.2 Å². The zero-order valence-corrected chi connectivity index (χ0v) is 22.1. The van der Waals surface area contributed by atoms with Crippen LogP contribution < -0.4 is 15.7 Å². The number of hydrogen-bond donors (Lipinski definition) is 3. The maximum atomic E-state index is 14.0. The Balaban J connectivity index is 1.69. The van der Waals surface area contributed by atoms with E-state index >= 15 is 0 Å². The van der Waals surface area contributed by atoms with Crippen LogP contribution in [0, 0.1) is 6.92 Å². The maximum Gasteiger partial charge on any atom is 0.254 e. The molecule has 5 aromatic rings. The lowest BCUT2D eigenvalue weighted by atomic mass is 9.91. The topological polar surface area (TPSA) is 131 Å². The van der Waals surface area contributed by atoms with E-state index in [1.54, 1.807) is 38.2 Å². The second-order valence-corrected chi connectivity index (χ2v) is 11.1. The van der Waals surface area contributed by atoms with Crippen LogP contribution in [0.25, 0.3) is 38.8 Å². The number of aromatic nitrogens is 2. The molecular formula is C31H24N2O7. The standard InChI is InChI=1S/C31H24N2O7/c1-14-11-15-5-8-22(36)33-25(15)18(12-14)29(38)31(33,39)24-19(34)7-6-17-27(24)32(4)26-16-9-10-30(2,3)40-21(16)13-20(35)23(26)28(17)37/h5-13,34-35,39H,1-4H3. The number of rotatable bonds is 1.